The minimum absolute atomic E-state index is 0.595. The van der Waals surface area contributed by atoms with Crippen molar-refractivity contribution in [3.05, 3.63) is 59.7 Å². The Morgan fingerprint density at radius 1 is 0.960 bits per heavy atom. The predicted octanol–water partition coefficient (Wildman–Crippen LogP) is 7.02. The molecule has 1 heteroatoms. The lowest BCUT2D eigenvalue weighted by Gasteiger charge is -2.30. The van der Waals surface area contributed by atoms with Crippen LogP contribution in [0.5, 0.6) is 0 Å². The molecule has 0 aliphatic heterocycles. The maximum absolute atomic E-state index is 11.3. The van der Waals surface area contributed by atoms with Crippen LogP contribution in [0, 0.1) is 5.92 Å². The van der Waals surface area contributed by atoms with E-state index in [-0.39, 0.29) is 0 Å². The topological polar surface area (TPSA) is 17.1 Å². The van der Waals surface area contributed by atoms with Gasteiger partial charge < -0.3 is 0 Å². The molecule has 1 fully saturated rings. The average molecular weight is 335 g/mol. The minimum atomic E-state index is 0.595. The Morgan fingerprint density at radius 3 is 2.40 bits per heavy atom. The second-order valence-electron chi connectivity index (χ2n) is 7.54. The van der Waals surface area contributed by atoms with E-state index >= 15 is 0 Å². The summed E-state index contributed by atoms with van der Waals surface area (Å²) in [6.45, 7) is 2.28. The van der Waals surface area contributed by atoms with Crippen LogP contribution in [0.4, 0.5) is 0 Å². The van der Waals surface area contributed by atoms with E-state index in [1.54, 1.807) is 0 Å². The summed E-state index contributed by atoms with van der Waals surface area (Å²) in [5.74, 6) is 1.51. The van der Waals surface area contributed by atoms with E-state index in [9.17, 15) is 4.79 Å². The van der Waals surface area contributed by atoms with Gasteiger partial charge in [-0.1, -0.05) is 75.1 Å². The monoisotopic (exact) mass is 334 g/mol. The predicted molar refractivity (Wildman–Crippen MR) is 106 cm³/mol. The summed E-state index contributed by atoms with van der Waals surface area (Å²) in [6.07, 6.45) is 11.7. The highest BCUT2D eigenvalue weighted by Gasteiger charge is 2.24. The largest absolute Gasteiger partial charge is 0.298 e. The molecule has 0 radical (unpaired) electrons. The summed E-state index contributed by atoms with van der Waals surface area (Å²) in [4.78, 5) is 11.3. The Kier molecular flexibility index (Phi) is 6.44. The van der Waals surface area contributed by atoms with Crippen LogP contribution in [0.25, 0.3) is 11.1 Å². The quantitative estimate of drug-likeness (QED) is 0.393. The third kappa shape index (κ3) is 4.60. The first-order chi connectivity index (χ1) is 12.3. The summed E-state index contributed by atoms with van der Waals surface area (Å²) in [5.41, 5.74) is 4.75. The van der Waals surface area contributed by atoms with Gasteiger partial charge in [0.1, 0.15) is 6.29 Å². The van der Waals surface area contributed by atoms with Crippen LogP contribution in [0.3, 0.4) is 0 Å². The Morgan fingerprint density at radius 2 is 1.72 bits per heavy atom. The number of carbonyl (C=O) groups excluding carboxylic acids is 1. The molecule has 0 amide bonds. The average Bonchev–Trinajstić information content (AvgIpc) is 2.69. The van der Waals surface area contributed by atoms with Gasteiger partial charge in [0.25, 0.3) is 0 Å². The number of aldehydes is 1. The molecule has 3 rings (SSSR count). The van der Waals surface area contributed by atoms with Crippen LogP contribution in [-0.2, 0) is 0 Å². The summed E-state index contributed by atoms with van der Waals surface area (Å²) in [7, 11) is 0. The van der Waals surface area contributed by atoms with Crippen molar-refractivity contribution in [2.45, 2.75) is 64.2 Å². The second kappa shape index (κ2) is 8.99. The molecule has 0 aromatic heterocycles. The molecular weight excluding hydrogens is 304 g/mol. The van der Waals surface area contributed by atoms with E-state index < -0.39 is 0 Å². The fourth-order valence-electron chi connectivity index (χ4n) is 4.32. The first-order valence-electron chi connectivity index (χ1n) is 9.96. The highest BCUT2D eigenvalue weighted by molar-refractivity contribution is 5.79. The van der Waals surface area contributed by atoms with Gasteiger partial charge in [0, 0.05) is 5.56 Å². The molecule has 1 aliphatic carbocycles. The Hall–Kier alpha value is -1.89. The molecule has 132 valence electrons. The van der Waals surface area contributed by atoms with E-state index in [0.29, 0.717) is 5.92 Å². The Bertz CT molecular complexity index is 666. The van der Waals surface area contributed by atoms with Crippen molar-refractivity contribution >= 4 is 6.29 Å². The summed E-state index contributed by atoms with van der Waals surface area (Å²) in [6, 6.07) is 16.8. The Labute approximate surface area is 152 Å². The molecule has 0 spiro atoms. The van der Waals surface area contributed by atoms with Crippen molar-refractivity contribution < 1.29 is 4.79 Å². The SMILES string of the molecule is CCCCCC1CCC(c2cc(C=O)ccc2-c2ccccc2)CC1. The number of hydrogen-bond donors (Lipinski definition) is 0. The molecule has 2 aromatic rings. The van der Waals surface area contributed by atoms with Crippen LogP contribution in [-0.4, -0.2) is 6.29 Å². The fraction of sp³-hybridized carbons (Fsp3) is 0.458. The zero-order chi connectivity index (χ0) is 17.5. The number of rotatable bonds is 7. The van der Waals surface area contributed by atoms with Crippen molar-refractivity contribution in [1.29, 1.82) is 0 Å². The highest BCUT2D eigenvalue weighted by Crippen LogP contribution is 2.41. The van der Waals surface area contributed by atoms with E-state index in [0.717, 1.165) is 17.8 Å². The van der Waals surface area contributed by atoms with Gasteiger partial charge in [-0.15, -0.1) is 0 Å². The first-order valence-corrected chi connectivity index (χ1v) is 9.96. The lowest BCUT2D eigenvalue weighted by molar-refractivity contribution is 0.112. The van der Waals surface area contributed by atoms with Crippen molar-refractivity contribution in [2.24, 2.45) is 5.92 Å². The molecule has 2 aromatic carbocycles. The fourth-order valence-corrected chi connectivity index (χ4v) is 4.32. The van der Waals surface area contributed by atoms with Crippen molar-refractivity contribution in [3.63, 3.8) is 0 Å². The van der Waals surface area contributed by atoms with Crippen LogP contribution in [0.15, 0.2) is 48.5 Å². The Balaban J connectivity index is 1.76. The molecule has 25 heavy (non-hydrogen) atoms. The van der Waals surface area contributed by atoms with Gasteiger partial charge in [-0.05, 0) is 60.3 Å². The standard InChI is InChI=1S/C24H30O/c1-2-3-5-8-19-11-14-22(15-12-19)24-17-20(18-25)13-16-23(24)21-9-6-4-7-10-21/h4,6-7,9-10,13,16-19,22H,2-3,5,8,11-12,14-15H2,1H3. The van der Waals surface area contributed by atoms with Gasteiger partial charge in [0.2, 0.25) is 0 Å². The van der Waals surface area contributed by atoms with Crippen molar-refractivity contribution in [3.8, 4) is 11.1 Å². The van der Waals surface area contributed by atoms with Gasteiger partial charge in [0.05, 0.1) is 0 Å². The van der Waals surface area contributed by atoms with Crippen molar-refractivity contribution in [2.75, 3.05) is 0 Å². The van der Waals surface area contributed by atoms with Crippen LogP contribution in [0.1, 0.15) is 80.1 Å². The lowest BCUT2D eigenvalue weighted by Crippen LogP contribution is -2.14. The van der Waals surface area contributed by atoms with Gasteiger partial charge in [-0.2, -0.15) is 0 Å². The third-order valence-corrected chi connectivity index (χ3v) is 5.80. The minimum Gasteiger partial charge on any atom is -0.298 e. The molecule has 0 saturated heterocycles. The van der Waals surface area contributed by atoms with Crippen molar-refractivity contribution in [1.82, 2.24) is 0 Å². The van der Waals surface area contributed by atoms with Crippen LogP contribution < -0.4 is 0 Å². The molecule has 0 unspecified atom stereocenters. The molecule has 1 aliphatic rings. The van der Waals surface area contributed by atoms with E-state index in [1.165, 1.54) is 68.1 Å². The highest BCUT2D eigenvalue weighted by atomic mass is 16.1. The summed E-state index contributed by atoms with van der Waals surface area (Å²) >= 11 is 0. The molecule has 0 heterocycles. The normalized spacial score (nSPS) is 20.4. The van der Waals surface area contributed by atoms with E-state index in [4.69, 9.17) is 0 Å². The summed E-state index contributed by atoms with van der Waals surface area (Å²) in [5, 5.41) is 0. The lowest BCUT2D eigenvalue weighted by atomic mass is 9.75. The molecule has 0 N–H and O–H groups in total. The van der Waals surface area contributed by atoms with Gasteiger partial charge in [0.15, 0.2) is 0 Å². The summed E-state index contributed by atoms with van der Waals surface area (Å²) < 4.78 is 0. The smallest absolute Gasteiger partial charge is 0.150 e. The molecule has 1 nitrogen and oxygen atoms in total. The zero-order valence-electron chi connectivity index (χ0n) is 15.4. The second-order valence-corrected chi connectivity index (χ2v) is 7.54. The number of benzene rings is 2. The maximum Gasteiger partial charge on any atom is 0.150 e. The molecule has 0 atom stereocenters. The van der Waals surface area contributed by atoms with Gasteiger partial charge >= 0.3 is 0 Å². The maximum atomic E-state index is 11.3. The zero-order valence-corrected chi connectivity index (χ0v) is 15.4. The van der Waals surface area contributed by atoms with E-state index in [1.807, 2.05) is 6.07 Å². The molecule has 0 bridgehead atoms. The number of hydrogen-bond acceptors (Lipinski definition) is 1. The third-order valence-electron chi connectivity index (χ3n) is 5.80. The van der Waals surface area contributed by atoms with E-state index in [2.05, 4.69) is 49.4 Å². The molecule has 1 saturated carbocycles. The van der Waals surface area contributed by atoms with Crippen LogP contribution in [0.2, 0.25) is 0 Å². The van der Waals surface area contributed by atoms with Crippen LogP contribution >= 0.6 is 0 Å². The van der Waals surface area contributed by atoms with Gasteiger partial charge in [-0.25, -0.2) is 0 Å². The number of carbonyl (C=O) groups is 1. The first kappa shape index (κ1) is 17.9. The van der Waals surface area contributed by atoms with Gasteiger partial charge in [-0.3, -0.25) is 4.79 Å². The molecular formula is C24H30O. The number of unbranched alkanes of at least 4 members (excludes halogenated alkanes) is 2.